The van der Waals surface area contributed by atoms with Crippen LogP contribution in [0, 0.1) is 15.9 Å². The number of halogens is 1. The largest absolute Gasteiger partial charge is 0.385 e. The van der Waals surface area contributed by atoms with Crippen LogP contribution in [0.3, 0.4) is 0 Å². The van der Waals surface area contributed by atoms with Crippen molar-refractivity contribution in [1.29, 1.82) is 0 Å². The van der Waals surface area contributed by atoms with Crippen LogP contribution < -0.4 is 5.73 Å². The van der Waals surface area contributed by atoms with Gasteiger partial charge in [0.2, 0.25) is 0 Å². The van der Waals surface area contributed by atoms with E-state index in [1.165, 1.54) is 13.2 Å². The van der Waals surface area contributed by atoms with Gasteiger partial charge in [-0.05, 0) is 19.4 Å². The molecule has 1 atom stereocenters. The van der Waals surface area contributed by atoms with Gasteiger partial charge in [-0.15, -0.1) is 0 Å². The Morgan fingerprint density at radius 1 is 1.59 bits per heavy atom. The van der Waals surface area contributed by atoms with E-state index >= 15 is 0 Å². The number of nitrogens with two attached hydrogens (primary N) is 1. The third-order valence-corrected chi connectivity index (χ3v) is 2.60. The summed E-state index contributed by atoms with van der Waals surface area (Å²) in [4.78, 5) is 10.0. The number of hydrogen-bond donors (Lipinski definition) is 1. The van der Waals surface area contributed by atoms with Crippen molar-refractivity contribution in [2.45, 2.75) is 18.9 Å². The molecule has 0 aliphatic heterocycles. The van der Waals surface area contributed by atoms with Gasteiger partial charge < -0.3 is 10.5 Å². The van der Waals surface area contributed by atoms with Gasteiger partial charge in [-0.25, -0.2) is 4.39 Å². The summed E-state index contributed by atoms with van der Waals surface area (Å²) < 4.78 is 18.5. The summed E-state index contributed by atoms with van der Waals surface area (Å²) >= 11 is 0. The molecular formula is C11H15FN2O3. The molecule has 0 aliphatic carbocycles. The van der Waals surface area contributed by atoms with Crippen LogP contribution in [0.25, 0.3) is 0 Å². The van der Waals surface area contributed by atoms with Gasteiger partial charge >= 0.3 is 0 Å². The minimum atomic E-state index is -0.994. The third kappa shape index (κ3) is 3.21. The van der Waals surface area contributed by atoms with Crippen LogP contribution in [0.2, 0.25) is 0 Å². The molecule has 17 heavy (non-hydrogen) atoms. The van der Waals surface area contributed by atoms with Gasteiger partial charge in [-0.2, -0.15) is 0 Å². The van der Waals surface area contributed by atoms with Gasteiger partial charge in [0.15, 0.2) is 0 Å². The fourth-order valence-corrected chi connectivity index (χ4v) is 1.51. The minimum Gasteiger partial charge on any atom is -0.385 e. The van der Waals surface area contributed by atoms with Crippen LogP contribution in [0.5, 0.6) is 0 Å². The molecule has 0 radical (unpaired) electrons. The lowest BCUT2D eigenvalue weighted by Gasteiger charge is -2.25. The molecule has 0 spiro atoms. The Kier molecular flexibility index (Phi) is 4.14. The van der Waals surface area contributed by atoms with E-state index < -0.39 is 16.3 Å². The Bertz CT molecular complexity index is 421. The first kappa shape index (κ1) is 13.5. The predicted molar refractivity (Wildman–Crippen MR) is 61.1 cm³/mol. The maximum Gasteiger partial charge on any atom is 0.269 e. The average Bonchev–Trinajstić information content (AvgIpc) is 2.26. The van der Waals surface area contributed by atoms with Crippen molar-refractivity contribution >= 4 is 5.69 Å². The van der Waals surface area contributed by atoms with Crippen molar-refractivity contribution in [2.24, 2.45) is 5.73 Å². The zero-order valence-electron chi connectivity index (χ0n) is 9.77. The lowest BCUT2D eigenvalue weighted by atomic mass is 9.89. The molecule has 0 bridgehead atoms. The number of nitro groups is 1. The molecule has 94 valence electrons. The number of ether oxygens (including phenoxy) is 1. The first-order chi connectivity index (χ1) is 7.88. The predicted octanol–water partition coefficient (Wildman–Crippen LogP) is 1.94. The number of rotatable bonds is 5. The molecule has 5 nitrogen and oxygen atoms in total. The maximum absolute atomic E-state index is 13.6. The van der Waals surface area contributed by atoms with Gasteiger partial charge in [-0.3, -0.25) is 10.1 Å². The van der Waals surface area contributed by atoms with E-state index in [1.54, 1.807) is 6.92 Å². The normalized spacial score (nSPS) is 14.4. The van der Waals surface area contributed by atoms with E-state index in [9.17, 15) is 14.5 Å². The molecule has 0 saturated heterocycles. The van der Waals surface area contributed by atoms with Crippen molar-refractivity contribution in [2.75, 3.05) is 13.7 Å². The summed E-state index contributed by atoms with van der Waals surface area (Å²) in [6.07, 6.45) is 0.377. The van der Waals surface area contributed by atoms with Gasteiger partial charge in [0.05, 0.1) is 4.92 Å². The lowest BCUT2D eigenvalue weighted by molar-refractivity contribution is -0.385. The van der Waals surface area contributed by atoms with Gasteiger partial charge in [0.1, 0.15) is 5.82 Å². The zero-order chi connectivity index (χ0) is 13.1. The molecule has 1 rings (SSSR count). The van der Waals surface area contributed by atoms with E-state index in [0.717, 1.165) is 12.1 Å². The van der Waals surface area contributed by atoms with Crippen molar-refractivity contribution < 1.29 is 14.1 Å². The number of nitro benzene ring substituents is 1. The first-order valence-corrected chi connectivity index (χ1v) is 5.10. The second kappa shape index (κ2) is 5.20. The van der Waals surface area contributed by atoms with Crippen LogP contribution >= 0.6 is 0 Å². The Morgan fingerprint density at radius 2 is 2.24 bits per heavy atom. The van der Waals surface area contributed by atoms with Crippen LogP contribution in [-0.4, -0.2) is 18.6 Å². The summed E-state index contributed by atoms with van der Waals surface area (Å²) in [5.74, 6) is -0.545. The topological polar surface area (TPSA) is 78.4 Å². The van der Waals surface area contributed by atoms with Crippen LogP contribution in [-0.2, 0) is 10.3 Å². The van der Waals surface area contributed by atoms with Crippen LogP contribution in [0.15, 0.2) is 18.2 Å². The highest BCUT2D eigenvalue weighted by Gasteiger charge is 2.26. The highest BCUT2D eigenvalue weighted by molar-refractivity contribution is 5.38. The molecule has 1 aromatic rings. The molecule has 2 N–H and O–H groups in total. The third-order valence-electron chi connectivity index (χ3n) is 2.60. The quantitative estimate of drug-likeness (QED) is 0.632. The highest BCUT2D eigenvalue weighted by atomic mass is 19.1. The Balaban J connectivity index is 3.10. The van der Waals surface area contributed by atoms with Gasteiger partial charge in [0.25, 0.3) is 5.69 Å². The number of hydrogen-bond acceptors (Lipinski definition) is 4. The fourth-order valence-electron chi connectivity index (χ4n) is 1.51. The van der Waals surface area contributed by atoms with Crippen molar-refractivity contribution in [1.82, 2.24) is 0 Å². The Morgan fingerprint density at radius 3 is 2.76 bits per heavy atom. The molecule has 0 unspecified atom stereocenters. The SMILES string of the molecule is COCC[C@](C)(N)c1cc([N+](=O)[O-])ccc1F. The standard InChI is InChI=1S/C11H15FN2O3/c1-11(13,5-6-17-2)9-7-8(14(15)16)3-4-10(9)12/h3-4,7H,5-6,13H2,1-2H3/t11-/m0/s1. The number of benzene rings is 1. The monoisotopic (exact) mass is 242 g/mol. The smallest absolute Gasteiger partial charge is 0.269 e. The minimum absolute atomic E-state index is 0.128. The Labute approximate surface area is 98.5 Å². The summed E-state index contributed by atoms with van der Waals surface area (Å²) in [6, 6.07) is 3.35. The summed E-state index contributed by atoms with van der Waals surface area (Å²) in [7, 11) is 1.51. The van der Waals surface area contributed by atoms with E-state index in [0.29, 0.717) is 13.0 Å². The maximum atomic E-state index is 13.6. The molecule has 6 heteroatoms. The van der Waals surface area contributed by atoms with E-state index in [4.69, 9.17) is 10.5 Å². The fraction of sp³-hybridized carbons (Fsp3) is 0.455. The van der Waals surface area contributed by atoms with Gasteiger partial charge in [-0.1, -0.05) is 0 Å². The lowest BCUT2D eigenvalue weighted by Crippen LogP contribution is -2.35. The summed E-state index contributed by atoms with van der Waals surface area (Å²) in [6.45, 7) is 1.98. The molecule has 0 saturated carbocycles. The molecule has 0 amide bonds. The average molecular weight is 242 g/mol. The molecule has 0 fully saturated rings. The molecule has 0 heterocycles. The first-order valence-electron chi connectivity index (χ1n) is 5.10. The summed E-state index contributed by atoms with van der Waals surface area (Å²) in [5.41, 5.74) is 4.92. The van der Waals surface area contributed by atoms with E-state index in [2.05, 4.69) is 0 Å². The highest BCUT2D eigenvalue weighted by Crippen LogP contribution is 2.27. The molecule has 0 aromatic heterocycles. The number of nitrogens with zero attached hydrogens (tertiary/aromatic N) is 1. The molecular weight excluding hydrogens is 227 g/mol. The van der Waals surface area contributed by atoms with Crippen molar-refractivity contribution in [3.8, 4) is 0 Å². The zero-order valence-corrected chi connectivity index (χ0v) is 9.77. The van der Waals surface area contributed by atoms with Crippen LogP contribution in [0.4, 0.5) is 10.1 Å². The number of methoxy groups -OCH3 is 1. The molecule has 0 aliphatic rings. The van der Waals surface area contributed by atoms with E-state index in [1.807, 2.05) is 0 Å². The van der Waals surface area contributed by atoms with Crippen LogP contribution in [0.1, 0.15) is 18.9 Å². The van der Waals surface area contributed by atoms with Crippen molar-refractivity contribution in [3.63, 3.8) is 0 Å². The second-order valence-corrected chi connectivity index (χ2v) is 4.08. The molecule has 1 aromatic carbocycles. The van der Waals surface area contributed by atoms with Crippen molar-refractivity contribution in [3.05, 3.63) is 39.7 Å². The van der Waals surface area contributed by atoms with Gasteiger partial charge in [0, 0.05) is 37.0 Å². The summed E-state index contributed by atoms with van der Waals surface area (Å²) in [5, 5.41) is 10.6. The Hall–Kier alpha value is -1.53. The second-order valence-electron chi connectivity index (χ2n) is 4.08. The number of non-ortho nitro benzene ring substituents is 1. The van der Waals surface area contributed by atoms with E-state index in [-0.39, 0.29) is 11.3 Å².